The smallest absolute Gasteiger partial charge is 0.337 e. The van der Waals surface area contributed by atoms with Gasteiger partial charge in [-0.1, -0.05) is 11.6 Å². The molecule has 1 aromatic carbocycles. The number of methoxy groups -OCH3 is 2. The first-order chi connectivity index (χ1) is 9.60. The molecule has 112 valence electrons. The number of nitrogens with zero attached hydrogens (tertiary/aromatic N) is 1. The van der Waals surface area contributed by atoms with Crippen molar-refractivity contribution < 1.29 is 19.4 Å². The standard InChI is InChI=1S/C14H20ClNO4/c1-19-8-3-6-16(7-9-20-2)13-10-11(15)4-5-12(13)14(17)18/h4-5,10H,3,6-9H2,1-2H3,(H,17,18). The van der Waals surface area contributed by atoms with Crippen molar-refractivity contribution in [2.24, 2.45) is 0 Å². The summed E-state index contributed by atoms with van der Waals surface area (Å²) in [5.41, 5.74) is 0.848. The third-order valence-electron chi connectivity index (χ3n) is 2.87. The van der Waals surface area contributed by atoms with Crippen LogP contribution >= 0.6 is 11.6 Å². The Kier molecular flexibility index (Phi) is 7.36. The summed E-state index contributed by atoms with van der Waals surface area (Å²) in [4.78, 5) is 13.3. The SMILES string of the molecule is COCCCN(CCOC)c1cc(Cl)ccc1C(=O)O. The summed E-state index contributed by atoms with van der Waals surface area (Å²) in [5.74, 6) is -0.967. The number of carbonyl (C=O) groups is 1. The second-order valence-electron chi connectivity index (χ2n) is 4.29. The zero-order chi connectivity index (χ0) is 15.0. The average molecular weight is 302 g/mol. The highest BCUT2D eigenvalue weighted by molar-refractivity contribution is 6.31. The maximum atomic E-state index is 11.3. The predicted octanol–water partition coefficient (Wildman–Crippen LogP) is 2.53. The van der Waals surface area contributed by atoms with Crippen LogP contribution in [0.3, 0.4) is 0 Å². The molecule has 0 atom stereocenters. The number of anilines is 1. The monoisotopic (exact) mass is 301 g/mol. The van der Waals surface area contributed by atoms with E-state index in [1.165, 1.54) is 6.07 Å². The summed E-state index contributed by atoms with van der Waals surface area (Å²) in [5, 5.41) is 9.79. The van der Waals surface area contributed by atoms with Crippen molar-refractivity contribution in [3.8, 4) is 0 Å². The lowest BCUT2D eigenvalue weighted by molar-refractivity contribution is 0.0697. The molecular weight excluding hydrogens is 282 g/mol. The molecule has 6 heteroatoms. The number of hydrogen-bond acceptors (Lipinski definition) is 4. The van der Waals surface area contributed by atoms with Gasteiger partial charge in [0.05, 0.1) is 17.9 Å². The molecule has 0 saturated heterocycles. The molecule has 0 bridgehead atoms. The molecule has 0 unspecified atom stereocenters. The Morgan fingerprint density at radius 2 is 1.95 bits per heavy atom. The molecule has 0 spiro atoms. The molecule has 1 rings (SSSR count). The first-order valence-electron chi connectivity index (χ1n) is 6.35. The zero-order valence-corrected chi connectivity index (χ0v) is 12.5. The van der Waals surface area contributed by atoms with Gasteiger partial charge in [0.25, 0.3) is 0 Å². The maximum absolute atomic E-state index is 11.3. The van der Waals surface area contributed by atoms with Crippen LogP contribution < -0.4 is 4.90 Å². The molecule has 0 radical (unpaired) electrons. The Hall–Kier alpha value is -1.30. The first-order valence-corrected chi connectivity index (χ1v) is 6.73. The van der Waals surface area contributed by atoms with Crippen LogP contribution in [0.5, 0.6) is 0 Å². The minimum atomic E-state index is -0.967. The highest BCUT2D eigenvalue weighted by Gasteiger charge is 2.16. The number of carboxylic acid groups (broad SMARTS) is 1. The fraction of sp³-hybridized carbons (Fsp3) is 0.500. The van der Waals surface area contributed by atoms with Gasteiger partial charge in [0.2, 0.25) is 0 Å². The van der Waals surface area contributed by atoms with Crippen molar-refractivity contribution in [2.75, 3.05) is 45.4 Å². The normalized spacial score (nSPS) is 10.6. The largest absolute Gasteiger partial charge is 0.478 e. The minimum absolute atomic E-state index is 0.239. The van der Waals surface area contributed by atoms with Crippen LogP contribution in [0.2, 0.25) is 5.02 Å². The molecule has 0 saturated carbocycles. The minimum Gasteiger partial charge on any atom is -0.478 e. The Labute approximate surface area is 124 Å². The van der Waals surface area contributed by atoms with E-state index >= 15 is 0 Å². The fourth-order valence-corrected chi connectivity index (χ4v) is 2.07. The lowest BCUT2D eigenvalue weighted by Gasteiger charge is -2.26. The predicted molar refractivity (Wildman–Crippen MR) is 79.0 cm³/mol. The number of carboxylic acids is 1. The zero-order valence-electron chi connectivity index (χ0n) is 11.8. The van der Waals surface area contributed by atoms with Gasteiger partial charge < -0.3 is 19.5 Å². The van der Waals surface area contributed by atoms with Crippen LogP contribution in [0.25, 0.3) is 0 Å². The van der Waals surface area contributed by atoms with Crippen LogP contribution in [0.4, 0.5) is 5.69 Å². The van der Waals surface area contributed by atoms with Gasteiger partial charge in [-0.15, -0.1) is 0 Å². The fourth-order valence-electron chi connectivity index (χ4n) is 1.90. The van der Waals surface area contributed by atoms with Crippen molar-refractivity contribution in [1.82, 2.24) is 0 Å². The lowest BCUT2D eigenvalue weighted by Crippen LogP contribution is -2.30. The molecule has 0 aliphatic heterocycles. The van der Waals surface area contributed by atoms with E-state index in [2.05, 4.69) is 0 Å². The number of ether oxygens (including phenoxy) is 2. The second kappa shape index (κ2) is 8.79. The number of aromatic carboxylic acids is 1. The van der Waals surface area contributed by atoms with E-state index in [0.29, 0.717) is 37.0 Å². The summed E-state index contributed by atoms with van der Waals surface area (Å²) >= 11 is 5.99. The van der Waals surface area contributed by atoms with Gasteiger partial charge >= 0.3 is 5.97 Å². The van der Waals surface area contributed by atoms with Crippen molar-refractivity contribution in [3.05, 3.63) is 28.8 Å². The molecule has 20 heavy (non-hydrogen) atoms. The molecule has 0 aliphatic carbocycles. The van der Waals surface area contributed by atoms with E-state index in [0.717, 1.165) is 6.42 Å². The molecule has 0 amide bonds. The van der Waals surface area contributed by atoms with E-state index in [4.69, 9.17) is 21.1 Å². The summed E-state index contributed by atoms with van der Waals surface area (Å²) < 4.78 is 10.1. The van der Waals surface area contributed by atoms with Gasteiger partial charge in [-0.25, -0.2) is 4.79 Å². The van der Waals surface area contributed by atoms with Crippen molar-refractivity contribution in [3.63, 3.8) is 0 Å². The summed E-state index contributed by atoms with van der Waals surface area (Å²) in [7, 11) is 3.25. The van der Waals surface area contributed by atoms with Gasteiger partial charge in [0.15, 0.2) is 0 Å². The van der Waals surface area contributed by atoms with Crippen LogP contribution in [-0.2, 0) is 9.47 Å². The second-order valence-corrected chi connectivity index (χ2v) is 4.73. The van der Waals surface area contributed by atoms with Crippen molar-refractivity contribution >= 4 is 23.3 Å². The number of benzene rings is 1. The van der Waals surface area contributed by atoms with E-state index in [9.17, 15) is 9.90 Å². The third kappa shape index (κ3) is 5.00. The number of rotatable bonds is 9. The Morgan fingerprint density at radius 1 is 1.25 bits per heavy atom. The first kappa shape index (κ1) is 16.8. The summed E-state index contributed by atoms with van der Waals surface area (Å²) in [6, 6.07) is 4.78. The van der Waals surface area contributed by atoms with E-state index in [-0.39, 0.29) is 5.56 Å². The topological polar surface area (TPSA) is 59.0 Å². The highest BCUT2D eigenvalue weighted by Crippen LogP contribution is 2.25. The molecule has 0 aromatic heterocycles. The van der Waals surface area contributed by atoms with E-state index < -0.39 is 5.97 Å². The van der Waals surface area contributed by atoms with Crippen molar-refractivity contribution in [2.45, 2.75) is 6.42 Å². The van der Waals surface area contributed by atoms with Gasteiger partial charge in [-0.3, -0.25) is 0 Å². The van der Waals surface area contributed by atoms with Gasteiger partial charge in [0.1, 0.15) is 0 Å². The van der Waals surface area contributed by atoms with Gasteiger partial charge in [0, 0.05) is 38.9 Å². The third-order valence-corrected chi connectivity index (χ3v) is 3.11. The highest BCUT2D eigenvalue weighted by atomic mass is 35.5. The summed E-state index contributed by atoms with van der Waals surface area (Å²) in [6.45, 7) is 2.41. The molecule has 0 fully saturated rings. The molecule has 0 heterocycles. The van der Waals surface area contributed by atoms with E-state index in [1.54, 1.807) is 26.4 Å². The Morgan fingerprint density at radius 3 is 2.55 bits per heavy atom. The van der Waals surface area contributed by atoms with Gasteiger partial charge in [-0.05, 0) is 24.6 Å². The van der Waals surface area contributed by atoms with Crippen LogP contribution in [0.1, 0.15) is 16.8 Å². The van der Waals surface area contributed by atoms with Crippen LogP contribution in [-0.4, -0.2) is 51.6 Å². The molecule has 1 N–H and O–H groups in total. The van der Waals surface area contributed by atoms with Crippen molar-refractivity contribution in [1.29, 1.82) is 0 Å². The molecule has 0 aliphatic rings. The summed E-state index contributed by atoms with van der Waals surface area (Å²) in [6.07, 6.45) is 0.797. The average Bonchev–Trinajstić information content (AvgIpc) is 2.42. The van der Waals surface area contributed by atoms with Crippen LogP contribution in [0.15, 0.2) is 18.2 Å². The number of halogens is 1. The number of hydrogen-bond donors (Lipinski definition) is 1. The quantitative estimate of drug-likeness (QED) is 0.710. The lowest BCUT2D eigenvalue weighted by atomic mass is 10.1. The Bertz CT molecular complexity index is 439. The van der Waals surface area contributed by atoms with E-state index in [1.807, 2.05) is 4.90 Å². The maximum Gasteiger partial charge on any atom is 0.337 e. The molecule has 5 nitrogen and oxygen atoms in total. The van der Waals surface area contributed by atoms with Crippen LogP contribution in [0, 0.1) is 0 Å². The van der Waals surface area contributed by atoms with Gasteiger partial charge in [-0.2, -0.15) is 0 Å². The molecule has 1 aromatic rings. The Balaban J connectivity index is 2.97. The molecular formula is C14H20ClNO4.